The van der Waals surface area contributed by atoms with Gasteiger partial charge in [-0.2, -0.15) is 0 Å². The lowest BCUT2D eigenvalue weighted by molar-refractivity contribution is 0.215. The van der Waals surface area contributed by atoms with E-state index in [0.29, 0.717) is 22.9 Å². The lowest BCUT2D eigenvalue weighted by atomic mass is 9.75. The van der Waals surface area contributed by atoms with Crippen LogP contribution in [0.5, 0.6) is 0 Å². The molecule has 1 fully saturated rings. The first-order valence-electron chi connectivity index (χ1n) is 6.95. The summed E-state index contributed by atoms with van der Waals surface area (Å²) < 4.78 is 19.2. The summed E-state index contributed by atoms with van der Waals surface area (Å²) in [6.45, 7) is 6.27. The molecule has 3 nitrogen and oxygen atoms in total. The Balaban J connectivity index is 2.02. The normalized spacial score (nSPS) is 20.5. The number of piperidine rings is 1. The molecule has 0 saturated carbocycles. The predicted octanol–water partition coefficient (Wildman–Crippen LogP) is 3.90. The zero-order valence-corrected chi connectivity index (χ0v) is 12.4. The first-order chi connectivity index (χ1) is 9.48. The van der Waals surface area contributed by atoms with Crippen molar-refractivity contribution in [1.29, 1.82) is 0 Å². The Morgan fingerprint density at radius 3 is 2.95 bits per heavy atom. The van der Waals surface area contributed by atoms with E-state index in [9.17, 15) is 4.39 Å². The maximum atomic E-state index is 13.4. The largest absolute Gasteiger partial charge is 0.439 e. The van der Waals surface area contributed by atoms with Crippen LogP contribution in [0.3, 0.4) is 0 Å². The third-order valence-corrected chi connectivity index (χ3v) is 4.56. The second kappa shape index (κ2) is 5.01. The van der Waals surface area contributed by atoms with Crippen LogP contribution in [0.15, 0.2) is 16.5 Å². The molecular weight excluding hydrogens is 279 g/mol. The molecule has 2 aromatic rings. The minimum atomic E-state index is -0.389. The van der Waals surface area contributed by atoms with Gasteiger partial charge in [0.1, 0.15) is 11.3 Å². The third kappa shape index (κ3) is 2.31. The van der Waals surface area contributed by atoms with Crippen LogP contribution >= 0.6 is 11.6 Å². The van der Waals surface area contributed by atoms with Crippen molar-refractivity contribution < 1.29 is 8.81 Å². The molecule has 1 aromatic heterocycles. The van der Waals surface area contributed by atoms with E-state index >= 15 is 0 Å². The quantitative estimate of drug-likeness (QED) is 0.913. The number of benzene rings is 1. The summed E-state index contributed by atoms with van der Waals surface area (Å²) in [5.41, 5.74) is 0.758. The van der Waals surface area contributed by atoms with Crippen LogP contribution in [0.25, 0.3) is 11.1 Å². The van der Waals surface area contributed by atoms with Crippen LogP contribution < -0.4 is 5.32 Å². The highest BCUT2D eigenvalue weighted by Crippen LogP contribution is 2.37. The zero-order valence-electron chi connectivity index (χ0n) is 11.7. The molecule has 1 aliphatic rings. The van der Waals surface area contributed by atoms with Crippen LogP contribution in [0.4, 0.5) is 4.39 Å². The molecule has 20 heavy (non-hydrogen) atoms. The second-order valence-corrected chi connectivity index (χ2v) is 6.43. The Labute approximate surface area is 122 Å². The fourth-order valence-electron chi connectivity index (χ4n) is 2.88. The molecule has 0 amide bonds. The van der Waals surface area contributed by atoms with Crippen molar-refractivity contribution in [3.8, 4) is 0 Å². The molecule has 0 aliphatic carbocycles. The van der Waals surface area contributed by atoms with Crippen molar-refractivity contribution in [3.05, 3.63) is 28.9 Å². The highest BCUT2D eigenvalue weighted by atomic mass is 35.5. The molecule has 1 saturated heterocycles. The van der Waals surface area contributed by atoms with Gasteiger partial charge in [0.05, 0.1) is 5.02 Å². The third-order valence-electron chi connectivity index (χ3n) is 4.28. The molecule has 1 unspecified atom stereocenters. The number of nitrogens with one attached hydrogen (secondary N) is 1. The molecule has 1 atom stereocenters. The fourth-order valence-corrected chi connectivity index (χ4v) is 3.12. The summed E-state index contributed by atoms with van der Waals surface area (Å²) in [6.07, 6.45) is 2.30. The molecule has 3 rings (SSSR count). The Morgan fingerprint density at radius 2 is 2.25 bits per heavy atom. The van der Waals surface area contributed by atoms with Crippen LogP contribution in [0.1, 0.15) is 32.6 Å². The highest BCUT2D eigenvalue weighted by Gasteiger charge is 2.36. The van der Waals surface area contributed by atoms with Gasteiger partial charge in [-0.1, -0.05) is 25.4 Å². The van der Waals surface area contributed by atoms with Gasteiger partial charge in [0.15, 0.2) is 5.58 Å². The summed E-state index contributed by atoms with van der Waals surface area (Å²) in [5.74, 6) is 0.695. The van der Waals surface area contributed by atoms with Gasteiger partial charge in [0, 0.05) is 11.5 Å². The van der Waals surface area contributed by atoms with E-state index in [4.69, 9.17) is 16.0 Å². The van der Waals surface area contributed by atoms with E-state index in [1.165, 1.54) is 12.1 Å². The monoisotopic (exact) mass is 296 g/mol. The number of fused-ring (bicyclic) bond motifs is 1. The van der Waals surface area contributed by atoms with Crippen molar-refractivity contribution in [1.82, 2.24) is 10.3 Å². The number of halogens is 2. The maximum absolute atomic E-state index is 13.4. The first kappa shape index (κ1) is 13.8. The molecule has 0 radical (unpaired) electrons. The molecule has 0 bridgehead atoms. The molecule has 1 aliphatic heterocycles. The van der Waals surface area contributed by atoms with Gasteiger partial charge in [-0.05, 0) is 37.9 Å². The fraction of sp³-hybridized carbons (Fsp3) is 0.533. The van der Waals surface area contributed by atoms with Crippen molar-refractivity contribution in [2.24, 2.45) is 5.92 Å². The van der Waals surface area contributed by atoms with E-state index in [0.717, 1.165) is 25.9 Å². The van der Waals surface area contributed by atoms with Crippen LogP contribution in [0.2, 0.25) is 5.02 Å². The van der Waals surface area contributed by atoms with Gasteiger partial charge in [-0.25, -0.2) is 9.37 Å². The van der Waals surface area contributed by atoms with E-state index < -0.39 is 0 Å². The van der Waals surface area contributed by atoms with E-state index in [1.807, 2.05) is 0 Å². The number of aromatic nitrogens is 1. The van der Waals surface area contributed by atoms with Crippen molar-refractivity contribution in [3.63, 3.8) is 0 Å². The number of hydrogen-bond donors (Lipinski definition) is 1. The highest BCUT2D eigenvalue weighted by molar-refractivity contribution is 6.34. The smallest absolute Gasteiger partial charge is 0.201 e. The SMILES string of the molecule is CC(C)(c1nc2cc(F)cc(Cl)c2o1)C1CCCNC1. The number of oxazole rings is 1. The van der Waals surface area contributed by atoms with Crippen molar-refractivity contribution >= 4 is 22.7 Å². The van der Waals surface area contributed by atoms with Gasteiger partial charge in [0.25, 0.3) is 0 Å². The molecule has 108 valence electrons. The molecular formula is C15H18ClFN2O. The van der Waals surface area contributed by atoms with Gasteiger partial charge >= 0.3 is 0 Å². The van der Waals surface area contributed by atoms with Crippen molar-refractivity contribution in [2.45, 2.75) is 32.1 Å². The number of nitrogens with zero attached hydrogens (tertiary/aromatic N) is 1. The number of hydrogen-bond acceptors (Lipinski definition) is 3. The zero-order chi connectivity index (χ0) is 14.3. The summed E-state index contributed by atoms with van der Waals surface area (Å²) in [7, 11) is 0. The van der Waals surface area contributed by atoms with E-state index in [-0.39, 0.29) is 16.3 Å². The van der Waals surface area contributed by atoms with Crippen molar-refractivity contribution in [2.75, 3.05) is 13.1 Å². The predicted molar refractivity (Wildman–Crippen MR) is 77.6 cm³/mol. The van der Waals surface area contributed by atoms with Crippen LogP contribution in [-0.4, -0.2) is 18.1 Å². The number of rotatable bonds is 2. The van der Waals surface area contributed by atoms with Gasteiger partial charge in [-0.15, -0.1) is 0 Å². The Bertz CT molecular complexity index is 632. The summed E-state index contributed by atoms with van der Waals surface area (Å²) in [5, 5.41) is 3.68. The Morgan fingerprint density at radius 1 is 1.45 bits per heavy atom. The molecule has 1 N–H and O–H groups in total. The molecule has 1 aromatic carbocycles. The molecule has 0 spiro atoms. The van der Waals surface area contributed by atoms with Gasteiger partial charge in [-0.3, -0.25) is 0 Å². The summed E-state index contributed by atoms with van der Waals surface area (Å²) in [4.78, 5) is 4.46. The molecule has 2 heterocycles. The first-order valence-corrected chi connectivity index (χ1v) is 7.33. The average molecular weight is 297 g/mol. The molecule has 5 heteroatoms. The van der Waals surface area contributed by atoms with Crippen LogP contribution in [-0.2, 0) is 5.41 Å². The lowest BCUT2D eigenvalue weighted by Crippen LogP contribution is -2.40. The van der Waals surface area contributed by atoms with Gasteiger partial charge in [0.2, 0.25) is 5.89 Å². The minimum Gasteiger partial charge on any atom is -0.439 e. The van der Waals surface area contributed by atoms with Crippen LogP contribution in [0, 0.1) is 11.7 Å². The second-order valence-electron chi connectivity index (χ2n) is 6.02. The van der Waals surface area contributed by atoms with E-state index in [2.05, 4.69) is 24.1 Å². The van der Waals surface area contributed by atoms with E-state index in [1.54, 1.807) is 0 Å². The van der Waals surface area contributed by atoms with Gasteiger partial charge < -0.3 is 9.73 Å². The topological polar surface area (TPSA) is 38.1 Å². The average Bonchev–Trinajstić information content (AvgIpc) is 2.84. The summed E-state index contributed by atoms with van der Waals surface area (Å²) >= 11 is 6.03. The Hall–Kier alpha value is -1.13. The lowest BCUT2D eigenvalue weighted by Gasteiger charge is -2.34. The standard InChI is InChI=1S/C15H18ClFN2O/c1-15(2,9-4-3-5-18-8-9)14-19-12-7-10(17)6-11(16)13(12)20-14/h6-7,9,18H,3-5,8H2,1-2H3. The minimum absolute atomic E-state index is 0.202. The Kier molecular flexibility index (Phi) is 3.46. The summed E-state index contributed by atoms with van der Waals surface area (Å²) in [6, 6.07) is 2.62. The maximum Gasteiger partial charge on any atom is 0.201 e.